The predicted octanol–water partition coefficient (Wildman–Crippen LogP) is 4.80. The second kappa shape index (κ2) is 10.2. The summed E-state index contributed by atoms with van der Waals surface area (Å²) >= 11 is 1.80. The van der Waals surface area contributed by atoms with Gasteiger partial charge in [0.15, 0.2) is 0 Å². The van der Waals surface area contributed by atoms with Gasteiger partial charge in [0.25, 0.3) is 0 Å². The Morgan fingerprint density at radius 3 is 2.53 bits per heavy atom. The summed E-state index contributed by atoms with van der Waals surface area (Å²) in [6.45, 7) is 7.75. The zero-order valence-corrected chi connectivity index (χ0v) is 19.0. The summed E-state index contributed by atoms with van der Waals surface area (Å²) in [4.78, 5) is 16.7. The molecule has 160 valence electrons. The van der Waals surface area contributed by atoms with Gasteiger partial charge in [-0.15, -0.1) is 11.3 Å². The lowest BCUT2D eigenvalue weighted by molar-refractivity contribution is 0.252. The van der Waals surface area contributed by atoms with E-state index < -0.39 is 0 Å². The second-order valence-electron chi connectivity index (χ2n) is 7.97. The van der Waals surface area contributed by atoms with Crippen LogP contribution in [0.4, 0.5) is 5.82 Å². The minimum atomic E-state index is 0.936. The van der Waals surface area contributed by atoms with Crippen molar-refractivity contribution in [3.63, 3.8) is 0 Å². The molecule has 0 N–H and O–H groups in total. The highest BCUT2D eigenvalue weighted by Crippen LogP contribution is 2.31. The molecule has 3 aromatic rings. The number of hydrogen-bond acceptors (Lipinski definition) is 6. The number of unbranched alkanes of at least 4 members (excludes halogenated alkanes) is 2. The van der Waals surface area contributed by atoms with Crippen LogP contribution in [0.25, 0.3) is 10.2 Å². The number of aryl methyl sites for hydroxylation is 2. The third-order valence-electron chi connectivity index (χ3n) is 5.98. The Morgan fingerprint density at radius 1 is 1.00 bits per heavy atom. The molecule has 3 heterocycles. The maximum Gasteiger partial charge on any atom is 0.140 e. The van der Waals surface area contributed by atoms with E-state index in [1.807, 2.05) is 0 Å². The molecule has 1 saturated heterocycles. The molecule has 6 heteroatoms. The minimum Gasteiger partial charge on any atom is -0.497 e. The Hall–Kier alpha value is -2.18. The number of fused-ring (bicyclic) bond motifs is 1. The number of piperazine rings is 1. The van der Waals surface area contributed by atoms with Gasteiger partial charge in [-0.1, -0.05) is 25.5 Å². The molecule has 0 unspecified atom stereocenters. The summed E-state index contributed by atoms with van der Waals surface area (Å²) in [5.41, 5.74) is 1.40. The molecule has 1 aromatic carbocycles. The smallest absolute Gasteiger partial charge is 0.140 e. The van der Waals surface area contributed by atoms with Crippen molar-refractivity contribution in [1.82, 2.24) is 14.9 Å². The van der Waals surface area contributed by atoms with Crippen molar-refractivity contribution in [2.24, 2.45) is 0 Å². The molecule has 1 fully saturated rings. The van der Waals surface area contributed by atoms with E-state index in [-0.39, 0.29) is 0 Å². The van der Waals surface area contributed by atoms with Crippen molar-refractivity contribution in [2.45, 2.75) is 39.0 Å². The van der Waals surface area contributed by atoms with E-state index in [0.717, 1.165) is 55.4 Å². The summed E-state index contributed by atoms with van der Waals surface area (Å²) in [5, 5.41) is 1.23. The monoisotopic (exact) mass is 424 g/mol. The van der Waals surface area contributed by atoms with E-state index in [0.29, 0.717) is 0 Å². The fourth-order valence-corrected chi connectivity index (χ4v) is 5.07. The number of thiophene rings is 1. The van der Waals surface area contributed by atoms with Gasteiger partial charge in [-0.3, -0.25) is 4.90 Å². The molecule has 30 heavy (non-hydrogen) atoms. The van der Waals surface area contributed by atoms with Crippen molar-refractivity contribution in [3.8, 4) is 5.75 Å². The first-order chi connectivity index (χ1) is 14.8. The average Bonchev–Trinajstić information content (AvgIpc) is 3.23. The zero-order valence-electron chi connectivity index (χ0n) is 18.1. The summed E-state index contributed by atoms with van der Waals surface area (Å²) in [7, 11) is 1.72. The lowest BCUT2D eigenvalue weighted by Crippen LogP contribution is -2.47. The summed E-state index contributed by atoms with van der Waals surface area (Å²) < 4.78 is 5.23. The fourth-order valence-electron chi connectivity index (χ4n) is 4.14. The van der Waals surface area contributed by atoms with Gasteiger partial charge in [0.05, 0.1) is 12.5 Å². The Kier molecular flexibility index (Phi) is 7.18. The Bertz CT molecular complexity index is 932. The van der Waals surface area contributed by atoms with Crippen LogP contribution in [0.5, 0.6) is 5.75 Å². The molecule has 4 rings (SSSR count). The van der Waals surface area contributed by atoms with E-state index >= 15 is 0 Å². The maximum atomic E-state index is 5.23. The summed E-state index contributed by atoms with van der Waals surface area (Å²) in [6, 6.07) is 10.8. The van der Waals surface area contributed by atoms with Gasteiger partial charge in [0, 0.05) is 31.1 Å². The molecule has 0 bridgehead atoms. The van der Waals surface area contributed by atoms with E-state index in [2.05, 4.69) is 57.0 Å². The Labute approximate surface area is 183 Å². The van der Waals surface area contributed by atoms with Crippen LogP contribution in [0.3, 0.4) is 0 Å². The molecule has 5 nitrogen and oxygen atoms in total. The normalized spacial score (nSPS) is 15.1. The Morgan fingerprint density at radius 2 is 1.80 bits per heavy atom. The topological polar surface area (TPSA) is 41.5 Å². The molecule has 0 radical (unpaired) electrons. The van der Waals surface area contributed by atoms with Crippen LogP contribution < -0.4 is 9.64 Å². The number of methoxy groups -OCH3 is 1. The van der Waals surface area contributed by atoms with Gasteiger partial charge in [-0.25, -0.2) is 9.97 Å². The van der Waals surface area contributed by atoms with Gasteiger partial charge in [-0.2, -0.15) is 0 Å². The number of hydrogen-bond donors (Lipinski definition) is 0. The van der Waals surface area contributed by atoms with Gasteiger partial charge >= 0.3 is 0 Å². The molecular weight excluding hydrogens is 392 g/mol. The van der Waals surface area contributed by atoms with E-state index in [1.165, 1.54) is 41.6 Å². The molecule has 0 amide bonds. The van der Waals surface area contributed by atoms with Crippen LogP contribution in [0.15, 0.2) is 36.7 Å². The van der Waals surface area contributed by atoms with Crippen molar-refractivity contribution in [3.05, 3.63) is 47.1 Å². The van der Waals surface area contributed by atoms with Crippen LogP contribution in [-0.4, -0.2) is 54.7 Å². The highest BCUT2D eigenvalue weighted by Gasteiger charge is 2.20. The van der Waals surface area contributed by atoms with Gasteiger partial charge in [0.1, 0.15) is 22.7 Å². The van der Waals surface area contributed by atoms with Crippen LogP contribution >= 0.6 is 11.3 Å². The molecular formula is C24H32N4OS. The first-order valence-electron chi connectivity index (χ1n) is 11.1. The second-order valence-corrected chi connectivity index (χ2v) is 9.08. The lowest BCUT2D eigenvalue weighted by atomic mass is 10.1. The molecule has 0 atom stereocenters. The van der Waals surface area contributed by atoms with Crippen LogP contribution in [-0.2, 0) is 12.8 Å². The van der Waals surface area contributed by atoms with Crippen molar-refractivity contribution < 1.29 is 4.74 Å². The highest BCUT2D eigenvalue weighted by atomic mass is 32.1. The standard InChI is InChI=1S/C24H32N4OS/c1-3-21-17-22-23(25-18-26-24(22)30-21)28-15-13-27(14-16-28)12-6-4-5-7-19-8-10-20(29-2)11-9-19/h8-11,17-18H,3-7,12-16H2,1-2H3. The molecule has 2 aromatic heterocycles. The SMILES string of the molecule is CCc1cc2c(N3CCN(CCCCCc4ccc(OC)cc4)CC3)ncnc2s1. The lowest BCUT2D eigenvalue weighted by Gasteiger charge is -2.35. The summed E-state index contributed by atoms with van der Waals surface area (Å²) in [5.74, 6) is 2.06. The number of nitrogens with zero attached hydrogens (tertiary/aromatic N) is 4. The molecule has 1 aliphatic heterocycles. The van der Waals surface area contributed by atoms with Gasteiger partial charge in [0.2, 0.25) is 0 Å². The molecule has 0 spiro atoms. The minimum absolute atomic E-state index is 0.936. The third kappa shape index (κ3) is 5.10. The van der Waals surface area contributed by atoms with Crippen LogP contribution in [0, 0.1) is 0 Å². The van der Waals surface area contributed by atoms with Gasteiger partial charge < -0.3 is 9.64 Å². The Balaban J connectivity index is 1.19. The number of ether oxygens (including phenoxy) is 1. The molecule has 0 aliphatic carbocycles. The van der Waals surface area contributed by atoms with Crippen LogP contribution in [0.2, 0.25) is 0 Å². The van der Waals surface area contributed by atoms with Crippen LogP contribution in [0.1, 0.15) is 36.6 Å². The first-order valence-corrected chi connectivity index (χ1v) is 11.9. The average molecular weight is 425 g/mol. The zero-order chi connectivity index (χ0) is 20.8. The van der Waals surface area contributed by atoms with E-state index in [9.17, 15) is 0 Å². The molecule has 0 saturated carbocycles. The van der Waals surface area contributed by atoms with Gasteiger partial charge in [-0.05, 0) is 56.0 Å². The number of benzene rings is 1. The quantitative estimate of drug-likeness (QED) is 0.462. The number of aromatic nitrogens is 2. The van der Waals surface area contributed by atoms with Crippen molar-refractivity contribution in [2.75, 3.05) is 44.7 Å². The summed E-state index contributed by atoms with van der Waals surface area (Å²) in [6.07, 6.45) is 7.76. The first kappa shape index (κ1) is 21.1. The maximum absolute atomic E-state index is 5.23. The number of rotatable bonds is 9. The van der Waals surface area contributed by atoms with E-state index in [1.54, 1.807) is 24.8 Å². The highest BCUT2D eigenvalue weighted by molar-refractivity contribution is 7.18. The van der Waals surface area contributed by atoms with E-state index in [4.69, 9.17) is 4.74 Å². The largest absolute Gasteiger partial charge is 0.497 e. The predicted molar refractivity (Wildman–Crippen MR) is 126 cm³/mol. The van der Waals surface area contributed by atoms with Crippen molar-refractivity contribution in [1.29, 1.82) is 0 Å². The number of anilines is 1. The van der Waals surface area contributed by atoms with Crippen molar-refractivity contribution >= 4 is 27.4 Å². The molecule has 1 aliphatic rings. The third-order valence-corrected chi connectivity index (χ3v) is 7.17. The fraction of sp³-hybridized carbons (Fsp3) is 0.500.